The molecule has 6 nitrogen and oxygen atoms in total. The van der Waals surface area contributed by atoms with E-state index in [0.29, 0.717) is 18.2 Å². The predicted octanol–water partition coefficient (Wildman–Crippen LogP) is 2.68. The Hall–Kier alpha value is -2.18. The summed E-state index contributed by atoms with van der Waals surface area (Å²) in [5.41, 5.74) is 1.63. The third kappa shape index (κ3) is 4.41. The van der Waals surface area contributed by atoms with Gasteiger partial charge in [0, 0.05) is 13.5 Å². The second-order valence-corrected chi connectivity index (χ2v) is 4.63. The van der Waals surface area contributed by atoms with Crippen molar-refractivity contribution in [3.05, 3.63) is 47.7 Å². The van der Waals surface area contributed by atoms with Crippen molar-refractivity contribution in [3.63, 3.8) is 0 Å². The number of carbonyl (C=O) groups is 1. The summed E-state index contributed by atoms with van der Waals surface area (Å²) in [5.74, 6) is 1.26. The van der Waals surface area contributed by atoms with Crippen LogP contribution >= 0.6 is 0 Å². The number of rotatable bonds is 9. The number of benzene rings is 1. The Bertz CT molecular complexity index is 578. The van der Waals surface area contributed by atoms with Gasteiger partial charge in [-0.3, -0.25) is 0 Å². The second-order valence-electron chi connectivity index (χ2n) is 4.63. The van der Waals surface area contributed by atoms with Gasteiger partial charge in [0.1, 0.15) is 36.7 Å². The number of methoxy groups -OCH3 is 2. The molecule has 1 atom stereocenters. The van der Waals surface area contributed by atoms with Gasteiger partial charge in [-0.1, -0.05) is 12.1 Å². The fraction of sp³-hybridized carbons (Fsp3) is 0.375. The van der Waals surface area contributed by atoms with E-state index >= 15 is 0 Å². The number of nitrogens with zero attached hydrogens (tertiary/aromatic N) is 1. The largest absolute Gasteiger partial charge is 0.497 e. The molecule has 0 aliphatic rings. The van der Waals surface area contributed by atoms with Gasteiger partial charge in [0.05, 0.1) is 13.7 Å². The second kappa shape index (κ2) is 8.31. The molecule has 0 aliphatic heterocycles. The third-order valence-corrected chi connectivity index (χ3v) is 3.15. The molecule has 0 unspecified atom stereocenters. The van der Waals surface area contributed by atoms with Gasteiger partial charge in [0.25, 0.3) is 0 Å². The Morgan fingerprint density at radius 1 is 1.23 bits per heavy atom. The van der Waals surface area contributed by atoms with E-state index < -0.39 is 0 Å². The third-order valence-electron chi connectivity index (χ3n) is 3.15. The lowest BCUT2D eigenvalue weighted by Crippen LogP contribution is -2.03. The molecule has 0 N–H and O–H groups in total. The topological polar surface area (TPSA) is 70.8 Å². The zero-order chi connectivity index (χ0) is 15.8. The van der Waals surface area contributed by atoms with Gasteiger partial charge in [0.15, 0.2) is 0 Å². The summed E-state index contributed by atoms with van der Waals surface area (Å²) in [6, 6.07) is 7.63. The smallest absolute Gasteiger partial charge is 0.220 e. The fourth-order valence-corrected chi connectivity index (χ4v) is 1.94. The van der Waals surface area contributed by atoms with E-state index in [9.17, 15) is 4.79 Å². The van der Waals surface area contributed by atoms with Gasteiger partial charge in [0.2, 0.25) is 5.89 Å². The normalized spacial score (nSPS) is 12.1. The van der Waals surface area contributed by atoms with Crippen molar-refractivity contribution in [1.29, 1.82) is 0 Å². The van der Waals surface area contributed by atoms with Crippen LogP contribution in [0, 0.1) is 0 Å². The first-order valence-corrected chi connectivity index (χ1v) is 6.88. The average Bonchev–Trinajstić information content (AvgIpc) is 3.02. The van der Waals surface area contributed by atoms with Crippen molar-refractivity contribution in [2.45, 2.75) is 25.7 Å². The molecule has 0 fully saturated rings. The van der Waals surface area contributed by atoms with E-state index in [4.69, 9.17) is 18.6 Å². The zero-order valence-corrected chi connectivity index (χ0v) is 12.7. The van der Waals surface area contributed by atoms with Crippen LogP contribution in [-0.4, -0.2) is 25.5 Å². The SMILES string of the molecule is COc1ccc(COCc2nc([C@H](CC=O)OC)co2)cc1. The van der Waals surface area contributed by atoms with Gasteiger partial charge >= 0.3 is 0 Å². The first kappa shape index (κ1) is 16.2. The zero-order valence-electron chi connectivity index (χ0n) is 12.7. The lowest BCUT2D eigenvalue weighted by atomic mass is 10.2. The number of ether oxygens (including phenoxy) is 3. The summed E-state index contributed by atoms with van der Waals surface area (Å²) in [4.78, 5) is 14.8. The number of oxazole rings is 1. The highest BCUT2D eigenvalue weighted by atomic mass is 16.5. The van der Waals surface area contributed by atoms with Crippen LogP contribution in [0.3, 0.4) is 0 Å². The van der Waals surface area contributed by atoms with E-state index in [0.717, 1.165) is 17.6 Å². The number of hydrogen-bond donors (Lipinski definition) is 0. The fourth-order valence-electron chi connectivity index (χ4n) is 1.94. The van der Waals surface area contributed by atoms with Crippen LogP contribution in [0.5, 0.6) is 5.75 Å². The van der Waals surface area contributed by atoms with Crippen molar-refractivity contribution < 1.29 is 23.4 Å². The summed E-state index contributed by atoms with van der Waals surface area (Å²) >= 11 is 0. The number of aromatic nitrogens is 1. The molecule has 0 saturated heterocycles. The minimum Gasteiger partial charge on any atom is -0.497 e. The van der Waals surface area contributed by atoms with Crippen LogP contribution in [0.1, 0.15) is 29.7 Å². The molecule has 2 aromatic rings. The van der Waals surface area contributed by atoms with E-state index in [1.807, 2.05) is 24.3 Å². The van der Waals surface area contributed by atoms with Crippen molar-refractivity contribution in [2.75, 3.05) is 14.2 Å². The highest BCUT2D eigenvalue weighted by Crippen LogP contribution is 2.19. The molecule has 1 aromatic carbocycles. The van der Waals surface area contributed by atoms with E-state index in [1.54, 1.807) is 7.11 Å². The van der Waals surface area contributed by atoms with Crippen molar-refractivity contribution in [3.8, 4) is 5.75 Å². The molecule has 6 heteroatoms. The quantitative estimate of drug-likeness (QED) is 0.663. The molecule has 0 aliphatic carbocycles. The molecular weight excluding hydrogens is 286 g/mol. The molecule has 1 heterocycles. The first-order chi connectivity index (χ1) is 10.8. The molecule has 0 saturated carbocycles. The number of hydrogen-bond acceptors (Lipinski definition) is 6. The Morgan fingerprint density at radius 3 is 2.64 bits per heavy atom. The predicted molar refractivity (Wildman–Crippen MR) is 78.4 cm³/mol. The molecule has 0 radical (unpaired) electrons. The molecule has 0 bridgehead atoms. The standard InChI is InChI=1S/C16H19NO5/c1-19-13-5-3-12(4-6-13)9-21-11-16-17-14(10-22-16)15(20-2)7-8-18/h3-6,8,10,15H,7,9,11H2,1-2H3/t15-/m0/s1. The van der Waals surface area contributed by atoms with E-state index in [-0.39, 0.29) is 19.1 Å². The van der Waals surface area contributed by atoms with Gasteiger partial charge in [-0.25, -0.2) is 4.98 Å². The summed E-state index contributed by atoms with van der Waals surface area (Å²) in [6.45, 7) is 0.702. The lowest BCUT2D eigenvalue weighted by Gasteiger charge is -2.07. The molecule has 1 aromatic heterocycles. The first-order valence-electron chi connectivity index (χ1n) is 6.88. The average molecular weight is 305 g/mol. The molecule has 0 spiro atoms. The minimum absolute atomic E-state index is 0.245. The molecule has 2 rings (SSSR count). The lowest BCUT2D eigenvalue weighted by molar-refractivity contribution is -0.110. The maximum absolute atomic E-state index is 10.6. The summed E-state index contributed by atoms with van der Waals surface area (Å²) < 4.78 is 21.2. The Labute approximate surface area is 129 Å². The number of aldehydes is 1. The summed E-state index contributed by atoms with van der Waals surface area (Å²) in [5, 5.41) is 0. The number of carbonyl (C=O) groups excluding carboxylic acids is 1. The van der Waals surface area contributed by atoms with Gasteiger partial charge in [-0.2, -0.15) is 0 Å². The van der Waals surface area contributed by atoms with E-state index in [1.165, 1.54) is 13.4 Å². The Morgan fingerprint density at radius 2 is 2.00 bits per heavy atom. The summed E-state index contributed by atoms with van der Waals surface area (Å²) in [6.07, 6.45) is 2.15. The highest BCUT2D eigenvalue weighted by Gasteiger charge is 2.15. The molecule has 118 valence electrons. The van der Waals surface area contributed by atoms with Crippen LogP contribution in [0.25, 0.3) is 0 Å². The summed E-state index contributed by atoms with van der Waals surface area (Å²) in [7, 11) is 3.16. The highest BCUT2D eigenvalue weighted by molar-refractivity contribution is 5.50. The van der Waals surface area contributed by atoms with Crippen LogP contribution in [0.15, 0.2) is 34.9 Å². The maximum atomic E-state index is 10.6. The monoisotopic (exact) mass is 305 g/mol. The molecule has 22 heavy (non-hydrogen) atoms. The maximum Gasteiger partial charge on any atom is 0.220 e. The van der Waals surface area contributed by atoms with Crippen LogP contribution in [0.4, 0.5) is 0 Å². The van der Waals surface area contributed by atoms with Crippen LogP contribution in [0.2, 0.25) is 0 Å². The Balaban J connectivity index is 1.84. The minimum atomic E-state index is -0.378. The molecule has 0 amide bonds. The van der Waals surface area contributed by atoms with Crippen molar-refractivity contribution >= 4 is 6.29 Å². The van der Waals surface area contributed by atoms with Crippen LogP contribution in [-0.2, 0) is 27.5 Å². The van der Waals surface area contributed by atoms with Crippen LogP contribution < -0.4 is 4.74 Å². The molecular formula is C16H19NO5. The van der Waals surface area contributed by atoms with Crippen molar-refractivity contribution in [1.82, 2.24) is 4.98 Å². The van der Waals surface area contributed by atoms with Gasteiger partial charge in [-0.05, 0) is 17.7 Å². The van der Waals surface area contributed by atoms with Crippen molar-refractivity contribution in [2.24, 2.45) is 0 Å². The van der Waals surface area contributed by atoms with Gasteiger partial charge < -0.3 is 23.4 Å². The van der Waals surface area contributed by atoms with E-state index in [2.05, 4.69) is 4.98 Å². The Kier molecular flexibility index (Phi) is 6.12. The van der Waals surface area contributed by atoms with Gasteiger partial charge in [-0.15, -0.1) is 0 Å².